The third kappa shape index (κ3) is 5.35. The Labute approximate surface area is 225 Å². The first kappa shape index (κ1) is 25.0. The first-order valence-corrected chi connectivity index (χ1v) is 12.6. The summed E-state index contributed by atoms with van der Waals surface area (Å²) in [5.41, 5.74) is 9.10. The number of benzene rings is 5. The maximum absolute atomic E-state index is 5.38. The molecule has 0 saturated carbocycles. The lowest BCUT2D eigenvalue weighted by Crippen LogP contribution is -2.10. The number of rotatable bonds is 8. The molecule has 38 heavy (non-hydrogen) atoms. The van der Waals surface area contributed by atoms with Gasteiger partial charge in [0, 0.05) is 35.5 Å². The van der Waals surface area contributed by atoms with E-state index in [0.29, 0.717) is 0 Å². The van der Waals surface area contributed by atoms with Crippen LogP contribution in [0.4, 0.5) is 28.4 Å². The number of anilines is 5. The van der Waals surface area contributed by atoms with Crippen LogP contribution in [-0.2, 0) is 0 Å². The van der Waals surface area contributed by atoms with Crippen molar-refractivity contribution in [2.24, 2.45) is 0 Å². The van der Waals surface area contributed by atoms with Crippen LogP contribution in [0, 0.1) is 6.92 Å². The summed E-state index contributed by atoms with van der Waals surface area (Å²) < 4.78 is 10.7. The summed E-state index contributed by atoms with van der Waals surface area (Å²) >= 11 is 0. The Bertz CT molecular complexity index is 1480. The monoisotopic (exact) mass is 500 g/mol. The molecule has 0 aromatic heterocycles. The summed E-state index contributed by atoms with van der Waals surface area (Å²) in [5.74, 6) is 1.70. The van der Waals surface area contributed by atoms with Crippen molar-refractivity contribution in [1.82, 2.24) is 0 Å². The molecule has 0 saturated heterocycles. The van der Waals surface area contributed by atoms with Gasteiger partial charge in [0.2, 0.25) is 0 Å². The number of aryl methyl sites for hydroxylation is 1. The molecule has 4 nitrogen and oxygen atoms in total. The zero-order valence-corrected chi connectivity index (χ0v) is 22.3. The smallest absolute Gasteiger partial charge is 0.119 e. The number of ether oxygens (including phenoxy) is 2. The largest absolute Gasteiger partial charge is 0.497 e. The lowest BCUT2D eigenvalue weighted by Gasteiger charge is -2.26. The normalized spacial score (nSPS) is 10.6. The molecule has 0 heterocycles. The molecule has 5 aromatic carbocycles. The molecule has 0 bridgehead atoms. The maximum Gasteiger partial charge on any atom is 0.119 e. The van der Waals surface area contributed by atoms with E-state index in [2.05, 4.69) is 121 Å². The van der Waals surface area contributed by atoms with E-state index < -0.39 is 0 Å². The first-order valence-electron chi connectivity index (χ1n) is 12.6. The lowest BCUT2D eigenvalue weighted by molar-refractivity contribution is 0.414. The van der Waals surface area contributed by atoms with E-state index >= 15 is 0 Å². The highest BCUT2D eigenvalue weighted by atomic mass is 16.5. The first-order chi connectivity index (χ1) is 18.6. The molecule has 0 radical (unpaired) electrons. The van der Waals surface area contributed by atoms with Crippen molar-refractivity contribution < 1.29 is 9.47 Å². The van der Waals surface area contributed by atoms with Gasteiger partial charge in [-0.2, -0.15) is 0 Å². The quantitative estimate of drug-likeness (QED) is 0.212. The Hall–Kier alpha value is -4.70. The van der Waals surface area contributed by atoms with Gasteiger partial charge in [-0.05, 0) is 109 Å². The Morgan fingerprint density at radius 3 is 1.34 bits per heavy atom. The molecular formula is C34H32N2O2. The van der Waals surface area contributed by atoms with E-state index in [9.17, 15) is 0 Å². The van der Waals surface area contributed by atoms with Crippen molar-refractivity contribution in [2.45, 2.75) is 6.92 Å². The summed E-state index contributed by atoms with van der Waals surface area (Å²) in [4.78, 5) is 4.43. The van der Waals surface area contributed by atoms with Crippen LogP contribution >= 0.6 is 0 Å². The third-order valence-electron chi connectivity index (χ3n) is 6.76. The Morgan fingerprint density at radius 1 is 0.474 bits per heavy atom. The van der Waals surface area contributed by atoms with Gasteiger partial charge < -0.3 is 19.3 Å². The standard InChI is InChI=1S/C34H32N2O2/c1-25-6-5-7-32(24-25)36(31-18-22-34(38-4)23-19-31)30-14-10-27(11-15-30)26-8-12-28(13-9-26)35(2)29-16-20-33(37-3)21-17-29/h5-24H,1-4H3. The maximum atomic E-state index is 5.38. The zero-order valence-electron chi connectivity index (χ0n) is 22.3. The minimum absolute atomic E-state index is 0.842. The van der Waals surface area contributed by atoms with Crippen LogP contribution in [0.15, 0.2) is 121 Å². The van der Waals surface area contributed by atoms with Crippen molar-refractivity contribution >= 4 is 28.4 Å². The molecule has 0 aliphatic heterocycles. The Morgan fingerprint density at radius 2 is 0.895 bits per heavy atom. The fraction of sp³-hybridized carbons (Fsp3) is 0.118. The molecule has 0 N–H and O–H groups in total. The second kappa shape index (κ2) is 11.1. The Kier molecular flexibility index (Phi) is 7.32. The van der Waals surface area contributed by atoms with E-state index in [1.165, 1.54) is 16.7 Å². The average Bonchev–Trinajstić information content (AvgIpc) is 2.98. The topological polar surface area (TPSA) is 24.9 Å². The summed E-state index contributed by atoms with van der Waals surface area (Å²) in [7, 11) is 5.45. The van der Waals surface area contributed by atoms with Crippen LogP contribution < -0.4 is 19.3 Å². The zero-order chi connectivity index (χ0) is 26.5. The van der Waals surface area contributed by atoms with Crippen LogP contribution in [-0.4, -0.2) is 21.3 Å². The van der Waals surface area contributed by atoms with Gasteiger partial charge in [-0.3, -0.25) is 0 Å². The van der Waals surface area contributed by atoms with Crippen LogP contribution in [0.1, 0.15) is 5.56 Å². The fourth-order valence-corrected chi connectivity index (χ4v) is 4.58. The summed E-state index contributed by atoms with van der Waals surface area (Å²) in [6.45, 7) is 2.12. The molecule has 5 aromatic rings. The lowest BCUT2D eigenvalue weighted by atomic mass is 10.0. The highest BCUT2D eigenvalue weighted by Crippen LogP contribution is 2.37. The Balaban J connectivity index is 1.40. The average molecular weight is 501 g/mol. The number of hydrogen-bond acceptors (Lipinski definition) is 4. The van der Waals surface area contributed by atoms with E-state index in [1.54, 1.807) is 14.2 Å². The molecule has 0 atom stereocenters. The van der Waals surface area contributed by atoms with Crippen molar-refractivity contribution in [3.8, 4) is 22.6 Å². The molecule has 0 fully saturated rings. The van der Waals surface area contributed by atoms with Crippen LogP contribution in [0.3, 0.4) is 0 Å². The summed E-state index contributed by atoms with van der Waals surface area (Å²) in [6, 6.07) is 42.2. The van der Waals surface area contributed by atoms with Gasteiger partial charge in [0.1, 0.15) is 11.5 Å². The van der Waals surface area contributed by atoms with Gasteiger partial charge in [-0.1, -0.05) is 36.4 Å². The van der Waals surface area contributed by atoms with Crippen LogP contribution in [0.25, 0.3) is 11.1 Å². The van der Waals surface area contributed by atoms with Crippen molar-refractivity contribution in [2.75, 3.05) is 31.1 Å². The molecular weight excluding hydrogens is 468 g/mol. The predicted molar refractivity (Wildman–Crippen MR) is 159 cm³/mol. The van der Waals surface area contributed by atoms with Crippen LogP contribution in [0.2, 0.25) is 0 Å². The summed E-state index contributed by atoms with van der Waals surface area (Å²) in [6.07, 6.45) is 0. The van der Waals surface area contributed by atoms with Gasteiger partial charge in [-0.15, -0.1) is 0 Å². The van der Waals surface area contributed by atoms with Crippen LogP contribution in [0.5, 0.6) is 11.5 Å². The molecule has 190 valence electrons. The van der Waals surface area contributed by atoms with Gasteiger partial charge in [0.15, 0.2) is 0 Å². The highest BCUT2D eigenvalue weighted by Gasteiger charge is 2.13. The predicted octanol–water partition coefficient (Wildman–Crippen LogP) is 8.92. The number of methoxy groups -OCH3 is 2. The van der Waals surface area contributed by atoms with E-state index in [1.807, 2.05) is 24.3 Å². The van der Waals surface area contributed by atoms with E-state index in [-0.39, 0.29) is 0 Å². The van der Waals surface area contributed by atoms with Crippen molar-refractivity contribution in [1.29, 1.82) is 0 Å². The minimum Gasteiger partial charge on any atom is -0.497 e. The molecule has 0 aliphatic carbocycles. The van der Waals surface area contributed by atoms with Gasteiger partial charge in [0.05, 0.1) is 14.2 Å². The van der Waals surface area contributed by atoms with Gasteiger partial charge in [0.25, 0.3) is 0 Å². The summed E-state index contributed by atoms with van der Waals surface area (Å²) in [5, 5.41) is 0. The second-order valence-electron chi connectivity index (χ2n) is 9.22. The molecule has 0 unspecified atom stereocenters. The molecule has 0 aliphatic rings. The fourth-order valence-electron chi connectivity index (χ4n) is 4.58. The van der Waals surface area contributed by atoms with Gasteiger partial charge >= 0.3 is 0 Å². The third-order valence-corrected chi connectivity index (χ3v) is 6.76. The second-order valence-corrected chi connectivity index (χ2v) is 9.22. The molecule has 0 spiro atoms. The molecule has 0 amide bonds. The molecule has 5 rings (SSSR count). The highest BCUT2D eigenvalue weighted by molar-refractivity contribution is 5.79. The van der Waals surface area contributed by atoms with Gasteiger partial charge in [-0.25, -0.2) is 0 Å². The molecule has 4 heteroatoms. The number of hydrogen-bond donors (Lipinski definition) is 0. The van der Waals surface area contributed by atoms with Crippen molar-refractivity contribution in [3.63, 3.8) is 0 Å². The number of nitrogens with zero attached hydrogens (tertiary/aromatic N) is 2. The van der Waals surface area contributed by atoms with Crippen molar-refractivity contribution in [3.05, 3.63) is 127 Å². The van der Waals surface area contributed by atoms with E-state index in [0.717, 1.165) is 39.9 Å². The minimum atomic E-state index is 0.842. The van der Waals surface area contributed by atoms with E-state index in [4.69, 9.17) is 9.47 Å². The SMILES string of the molecule is COc1ccc(N(C)c2ccc(-c3ccc(N(c4ccc(OC)cc4)c4cccc(C)c4)cc3)cc2)cc1.